The van der Waals surface area contributed by atoms with Gasteiger partial charge in [-0.2, -0.15) is 5.10 Å². The Kier molecular flexibility index (Phi) is 6.36. The van der Waals surface area contributed by atoms with Crippen LogP contribution in [0.2, 0.25) is 0 Å². The Balaban J connectivity index is 1.88. The summed E-state index contributed by atoms with van der Waals surface area (Å²) in [5.74, 6) is 0.164. The summed E-state index contributed by atoms with van der Waals surface area (Å²) in [7, 11) is 1.77. The zero-order valence-corrected chi connectivity index (χ0v) is 21.8. The molecule has 2 aromatic carbocycles. The van der Waals surface area contributed by atoms with E-state index >= 15 is 0 Å². The minimum absolute atomic E-state index is 0.146. The summed E-state index contributed by atoms with van der Waals surface area (Å²) in [6.07, 6.45) is 0. The van der Waals surface area contributed by atoms with Crippen molar-refractivity contribution in [1.82, 2.24) is 19.7 Å². The largest absolute Gasteiger partial charge is 0.338 e. The maximum atomic E-state index is 13.4. The monoisotopic (exact) mass is 475 g/mol. The minimum atomic E-state index is -0.497. The van der Waals surface area contributed by atoms with E-state index in [0.29, 0.717) is 18.2 Å². The van der Waals surface area contributed by atoms with Crippen LogP contribution in [0.25, 0.3) is 27.3 Å². The lowest BCUT2D eigenvalue weighted by Crippen LogP contribution is -2.46. The summed E-state index contributed by atoms with van der Waals surface area (Å²) in [6, 6.07) is 14.5. The number of rotatable bonds is 6. The lowest BCUT2D eigenvalue weighted by atomic mass is 10.0. The molecule has 1 amide bonds. The fourth-order valence-corrected chi connectivity index (χ4v) is 5.26. The molecule has 0 aliphatic rings. The van der Waals surface area contributed by atoms with Gasteiger partial charge in [0.25, 0.3) is 5.91 Å². The van der Waals surface area contributed by atoms with Crippen molar-refractivity contribution in [3.05, 3.63) is 64.2 Å². The van der Waals surface area contributed by atoms with Crippen molar-refractivity contribution >= 4 is 28.1 Å². The fraction of sp³-hybridized carbons (Fsp3) is 0.370. The number of carbonyl (C=O) groups is 1. The van der Waals surface area contributed by atoms with Gasteiger partial charge in [0, 0.05) is 35.0 Å². The van der Waals surface area contributed by atoms with Crippen LogP contribution in [-0.2, 0) is 0 Å². The highest BCUT2D eigenvalue weighted by Crippen LogP contribution is 2.37. The Morgan fingerprint density at radius 2 is 1.85 bits per heavy atom. The molecule has 0 unspecified atom stereocenters. The number of nitrogens with zero attached hydrogens (tertiary/aromatic N) is 4. The van der Waals surface area contributed by atoms with E-state index < -0.39 is 5.54 Å². The first-order valence-electron chi connectivity index (χ1n) is 11.6. The van der Waals surface area contributed by atoms with Crippen molar-refractivity contribution in [1.29, 1.82) is 0 Å². The third-order valence-corrected chi connectivity index (χ3v) is 7.00. The number of hydrogen-bond donors (Lipinski definition) is 1. The first kappa shape index (κ1) is 24.1. The predicted octanol–water partition coefficient (Wildman–Crippen LogP) is 5.70. The van der Waals surface area contributed by atoms with Crippen molar-refractivity contribution < 1.29 is 4.79 Å². The van der Waals surface area contributed by atoms with Gasteiger partial charge >= 0.3 is 0 Å². The molecule has 0 atom stereocenters. The molecule has 0 bridgehead atoms. The first-order chi connectivity index (χ1) is 15.9. The van der Waals surface area contributed by atoms with E-state index in [4.69, 9.17) is 15.8 Å². The smallest absolute Gasteiger partial charge is 0.274 e. The predicted molar refractivity (Wildman–Crippen MR) is 141 cm³/mol. The number of aromatic nitrogens is 3. The summed E-state index contributed by atoms with van der Waals surface area (Å²) in [5.41, 5.74) is 11.3. The summed E-state index contributed by atoms with van der Waals surface area (Å²) in [6.45, 7) is 12.7. The van der Waals surface area contributed by atoms with Gasteiger partial charge in [-0.1, -0.05) is 60.6 Å². The van der Waals surface area contributed by atoms with Gasteiger partial charge in [0.05, 0.1) is 11.2 Å². The van der Waals surface area contributed by atoms with Crippen LogP contribution >= 0.6 is 11.3 Å². The zero-order chi connectivity index (χ0) is 24.8. The van der Waals surface area contributed by atoms with Crippen LogP contribution < -0.4 is 5.73 Å². The van der Waals surface area contributed by atoms with Crippen LogP contribution in [0.5, 0.6) is 0 Å². The van der Waals surface area contributed by atoms with Gasteiger partial charge in [0.15, 0.2) is 5.69 Å². The number of amides is 1. The third kappa shape index (κ3) is 4.76. The first-order valence-corrected chi connectivity index (χ1v) is 12.4. The third-order valence-electron chi connectivity index (χ3n) is 5.67. The Hall–Kier alpha value is -3.03. The Morgan fingerprint density at radius 1 is 1.15 bits per heavy atom. The molecule has 0 aliphatic heterocycles. The van der Waals surface area contributed by atoms with Crippen LogP contribution in [0.4, 0.5) is 0 Å². The highest BCUT2D eigenvalue weighted by Gasteiger charge is 2.26. The second-order valence-corrected chi connectivity index (χ2v) is 11.2. The molecule has 2 aromatic heterocycles. The van der Waals surface area contributed by atoms with Crippen molar-refractivity contribution in [3.8, 4) is 16.4 Å². The number of benzene rings is 2. The molecule has 0 aliphatic carbocycles. The molecule has 2 N–H and O–H groups in total. The van der Waals surface area contributed by atoms with Gasteiger partial charge < -0.3 is 10.6 Å². The van der Waals surface area contributed by atoms with E-state index in [0.717, 1.165) is 32.9 Å². The Morgan fingerprint density at radius 3 is 2.50 bits per heavy atom. The average Bonchev–Trinajstić information content (AvgIpc) is 3.34. The molecule has 2 heterocycles. The molecule has 0 saturated carbocycles. The summed E-state index contributed by atoms with van der Waals surface area (Å²) >= 11 is 1.63. The minimum Gasteiger partial charge on any atom is -0.338 e. The van der Waals surface area contributed by atoms with Crippen LogP contribution in [-0.4, -0.2) is 44.7 Å². The molecule has 178 valence electrons. The van der Waals surface area contributed by atoms with Gasteiger partial charge in [-0.25, -0.2) is 9.67 Å². The SMILES string of the molecule is Cc1cccc(-c2nc(-n3nc(C(=O)N(C)CC(C)(C)N)c4cc(C)ccc43)sc2C(C)C)c1. The van der Waals surface area contributed by atoms with E-state index in [1.807, 2.05) is 43.7 Å². The normalized spacial score (nSPS) is 12.0. The fourth-order valence-electron chi connectivity index (χ4n) is 4.20. The zero-order valence-electron chi connectivity index (χ0n) is 21.0. The maximum absolute atomic E-state index is 13.4. The van der Waals surface area contributed by atoms with E-state index in [1.54, 1.807) is 23.3 Å². The molecule has 4 rings (SSSR count). The van der Waals surface area contributed by atoms with Crippen molar-refractivity contribution in [2.24, 2.45) is 5.73 Å². The standard InChI is InChI=1S/C27H33N5OS/c1-16(2)24-22(19-10-8-9-17(3)13-19)29-26(34-24)32-21-12-11-18(4)14-20(21)23(30-32)25(33)31(7)15-27(5,6)28/h8-14,16H,15,28H2,1-7H3. The number of fused-ring (bicyclic) bond motifs is 1. The lowest BCUT2D eigenvalue weighted by molar-refractivity contribution is 0.0765. The van der Waals surface area contributed by atoms with Crippen LogP contribution in [0.15, 0.2) is 42.5 Å². The molecular weight excluding hydrogens is 442 g/mol. The van der Waals surface area contributed by atoms with Crippen molar-refractivity contribution in [2.45, 2.75) is 53.0 Å². The second kappa shape index (κ2) is 8.96. The Labute approximate surface area is 205 Å². The number of likely N-dealkylation sites (N-methyl/N-ethyl adjacent to an activating group) is 1. The number of carbonyl (C=O) groups excluding carboxylic acids is 1. The molecule has 6 nitrogen and oxygen atoms in total. The topological polar surface area (TPSA) is 77.0 Å². The van der Waals surface area contributed by atoms with E-state index in [-0.39, 0.29) is 5.91 Å². The molecule has 7 heteroatoms. The molecule has 0 fully saturated rings. The number of aryl methyl sites for hydroxylation is 2. The van der Waals surface area contributed by atoms with Crippen molar-refractivity contribution in [2.75, 3.05) is 13.6 Å². The molecular formula is C27H33N5OS. The van der Waals surface area contributed by atoms with Gasteiger partial charge in [0.1, 0.15) is 0 Å². The molecule has 0 saturated heterocycles. The van der Waals surface area contributed by atoms with Crippen LogP contribution in [0.1, 0.15) is 60.1 Å². The van der Waals surface area contributed by atoms with Gasteiger partial charge in [-0.05, 0) is 51.8 Å². The summed E-state index contributed by atoms with van der Waals surface area (Å²) < 4.78 is 1.82. The molecule has 0 radical (unpaired) electrons. The molecule has 0 spiro atoms. The Bertz CT molecular complexity index is 1360. The summed E-state index contributed by atoms with van der Waals surface area (Å²) in [4.78, 5) is 21.3. The average molecular weight is 476 g/mol. The van der Waals surface area contributed by atoms with Gasteiger partial charge in [-0.15, -0.1) is 0 Å². The number of thiazole rings is 1. The lowest BCUT2D eigenvalue weighted by Gasteiger charge is -2.26. The highest BCUT2D eigenvalue weighted by atomic mass is 32.1. The quantitative estimate of drug-likeness (QED) is 0.388. The van der Waals surface area contributed by atoms with E-state index in [9.17, 15) is 4.79 Å². The number of nitrogens with two attached hydrogens (primary N) is 1. The van der Waals surface area contributed by atoms with E-state index in [1.165, 1.54) is 10.4 Å². The van der Waals surface area contributed by atoms with Gasteiger partial charge in [-0.3, -0.25) is 4.79 Å². The highest BCUT2D eigenvalue weighted by molar-refractivity contribution is 7.14. The summed E-state index contributed by atoms with van der Waals surface area (Å²) in [5, 5.41) is 6.39. The second-order valence-electron chi connectivity index (χ2n) is 10.2. The van der Waals surface area contributed by atoms with Gasteiger partial charge in [0.2, 0.25) is 5.13 Å². The van der Waals surface area contributed by atoms with E-state index in [2.05, 4.69) is 45.0 Å². The van der Waals surface area contributed by atoms with Crippen molar-refractivity contribution in [3.63, 3.8) is 0 Å². The number of hydrogen-bond acceptors (Lipinski definition) is 5. The van der Waals surface area contributed by atoms with Crippen LogP contribution in [0.3, 0.4) is 0 Å². The maximum Gasteiger partial charge on any atom is 0.274 e. The molecule has 34 heavy (non-hydrogen) atoms. The molecule has 4 aromatic rings. The van der Waals surface area contributed by atoms with Crippen LogP contribution in [0, 0.1) is 13.8 Å².